The van der Waals surface area contributed by atoms with Gasteiger partial charge in [0.25, 0.3) is 0 Å². The second-order valence-corrected chi connectivity index (χ2v) is 4.90. The van der Waals surface area contributed by atoms with Crippen molar-refractivity contribution in [1.82, 2.24) is 9.97 Å². The van der Waals surface area contributed by atoms with E-state index in [9.17, 15) is 0 Å². The van der Waals surface area contributed by atoms with Crippen LogP contribution in [0.5, 0.6) is 0 Å². The first-order valence-corrected chi connectivity index (χ1v) is 6.54. The van der Waals surface area contributed by atoms with Gasteiger partial charge >= 0.3 is 0 Å². The zero-order chi connectivity index (χ0) is 13.5. The number of rotatable bonds is 1. The Bertz CT molecular complexity index is 922. The molecule has 0 spiro atoms. The van der Waals surface area contributed by atoms with Crippen molar-refractivity contribution in [1.29, 1.82) is 0 Å². The number of pyridine rings is 1. The highest BCUT2D eigenvalue weighted by molar-refractivity contribution is 5.97. The Kier molecular flexibility index (Phi) is 2.27. The largest absolute Gasteiger partial charge is 0.399 e. The molecule has 0 aliphatic rings. The number of nitrogens with two attached hydrogens (primary N) is 1. The average molecular weight is 259 g/mol. The van der Waals surface area contributed by atoms with Crippen LogP contribution >= 0.6 is 0 Å². The maximum atomic E-state index is 5.89. The number of aromatic amines is 1. The topological polar surface area (TPSA) is 54.7 Å². The van der Waals surface area contributed by atoms with Gasteiger partial charge in [0.15, 0.2) is 0 Å². The number of para-hydroxylation sites is 1. The first kappa shape index (κ1) is 11.1. The van der Waals surface area contributed by atoms with E-state index in [2.05, 4.69) is 17.1 Å². The molecule has 0 bridgehead atoms. The van der Waals surface area contributed by atoms with Crippen molar-refractivity contribution in [3.63, 3.8) is 0 Å². The summed E-state index contributed by atoms with van der Waals surface area (Å²) in [4.78, 5) is 8.00. The maximum Gasteiger partial charge on any atom is 0.0731 e. The van der Waals surface area contributed by atoms with Gasteiger partial charge in [-0.2, -0.15) is 0 Å². The summed E-state index contributed by atoms with van der Waals surface area (Å²) in [5, 5.41) is 2.25. The third kappa shape index (κ3) is 1.64. The van der Waals surface area contributed by atoms with Crippen molar-refractivity contribution in [2.75, 3.05) is 5.73 Å². The van der Waals surface area contributed by atoms with Gasteiger partial charge in [-0.3, -0.25) is 0 Å². The predicted molar refractivity (Wildman–Crippen MR) is 83.4 cm³/mol. The molecule has 0 saturated heterocycles. The van der Waals surface area contributed by atoms with Crippen LogP contribution in [0.15, 0.2) is 60.8 Å². The molecule has 96 valence electrons. The number of benzene rings is 2. The third-order valence-corrected chi connectivity index (χ3v) is 3.58. The molecule has 0 radical (unpaired) electrons. The van der Waals surface area contributed by atoms with Crippen molar-refractivity contribution < 1.29 is 0 Å². The summed E-state index contributed by atoms with van der Waals surface area (Å²) in [5.41, 5.74) is 10.8. The van der Waals surface area contributed by atoms with Crippen molar-refractivity contribution >= 4 is 27.5 Å². The first-order chi connectivity index (χ1) is 9.81. The Hall–Kier alpha value is -2.81. The molecule has 0 aliphatic heterocycles. The molecule has 2 aromatic carbocycles. The van der Waals surface area contributed by atoms with Crippen molar-refractivity contribution in [3.05, 3.63) is 60.8 Å². The van der Waals surface area contributed by atoms with Gasteiger partial charge in [-0.25, -0.2) is 4.98 Å². The molecule has 2 heterocycles. The molecule has 4 rings (SSSR count). The number of fused-ring (bicyclic) bond motifs is 2. The summed E-state index contributed by atoms with van der Waals surface area (Å²) in [6.45, 7) is 0. The molecule has 0 saturated carbocycles. The van der Waals surface area contributed by atoms with E-state index in [0.717, 1.165) is 38.8 Å². The summed E-state index contributed by atoms with van der Waals surface area (Å²) < 4.78 is 0. The summed E-state index contributed by atoms with van der Waals surface area (Å²) in [6, 6.07) is 18.2. The molecule has 20 heavy (non-hydrogen) atoms. The fraction of sp³-hybridized carbons (Fsp3) is 0. The van der Waals surface area contributed by atoms with Crippen LogP contribution < -0.4 is 5.73 Å². The van der Waals surface area contributed by atoms with Crippen LogP contribution in [-0.2, 0) is 0 Å². The Morgan fingerprint density at radius 1 is 0.950 bits per heavy atom. The van der Waals surface area contributed by atoms with Gasteiger partial charge < -0.3 is 10.7 Å². The zero-order valence-electron chi connectivity index (χ0n) is 10.8. The second kappa shape index (κ2) is 4.10. The lowest BCUT2D eigenvalue weighted by Crippen LogP contribution is -1.85. The van der Waals surface area contributed by atoms with Crippen LogP contribution in [0.25, 0.3) is 33.1 Å². The normalized spacial score (nSPS) is 11.2. The van der Waals surface area contributed by atoms with Crippen LogP contribution in [0.4, 0.5) is 5.69 Å². The quantitative estimate of drug-likeness (QED) is 0.508. The van der Waals surface area contributed by atoms with Gasteiger partial charge in [0, 0.05) is 33.7 Å². The van der Waals surface area contributed by atoms with Gasteiger partial charge in [-0.05, 0) is 30.3 Å². The highest BCUT2D eigenvalue weighted by Gasteiger charge is 2.08. The standard InChI is InChI=1S/C17H13N3/c18-12-6-8-16-13(9-12)14(10-19-16)17-7-5-11-3-1-2-4-15(11)20-17/h1-10,19H,18H2. The minimum atomic E-state index is 0.763. The Labute approximate surface area is 116 Å². The Morgan fingerprint density at radius 2 is 1.85 bits per heavy atom. The van der Waals surface area contributed by atoms with E-state index in [1.807, 2.05) is 48.7 Å². The molecule has 0 atom stereocenters. The number of nitrogen functional groups attached to an aromatic ring is 1. The summed E-state index contributed by atoms with van der Waals surface area (Å²) in [6.07, 6.45) is 1.99. The van der Waals surface area contributed by atoms with E-state index in [0.29, 0.717) is 0 Å². The van der Waals surface area contributed by atoms with Gasteiger partial charge in [0.05, 0.1) is 11.2 Å². The van der Waals surface area contributed by atoms with Gasteiger partial charge in [-0.15, -0.1) is 0 Å². The molecule has 3 heteroatoms. The smallest absolute Gasteiger partial charge is 0.0731 e. The average Bonchev–Trinajstić information content (AvgIpc) is 2.89. The molecule has 4 aromatic rings. The van der Waals surface area contributed by atoms with Crippen LogP contribution in [0.3, 0.4) is 0 Å². The fourth-order valence-corrected chi connectivity index (χ4v) is 2.57. The second-order valence-electron chi connectivity index (χ2n) is 4.90. The number of hydrogen-bond acceptors (Lipinski definition) is 2. The van der Waals surface area contributed by atoms with E-state index in [-0.39, 0.29) is 0 Å². The van der Waals surface area contributed by atoms with E-state index in [1.165, 1.54) is 0 Å². The van der Waals surface area contributed by atoms with Gasteiger partial charge in [0.1, 0.15) is 0 Å². The predicted octanol–water partition coefficient (Wildman–Crippen LogP) is 3.97. The highest BCUT2D eigenvalue weighted by atomic mass is 14.7. The molecule has 0 amide bonds. The molecule has 0 aliphatic carbocycles. The lowest BCUT2D eigenvalue weighted by atomic mass is 10.1. The van der Waals surface area contributed by atoms with Crippen LogP contribution in [0.1, 0.15) is 0 Å². The number of anilines is 1. The lowest BCUT2D eigenvalue weighted by molar-refractivity contribution is 1.40. The summed E-state index contributed by atoms with van der Waals surface area (Å²) in [7, 11) is 0. The van der Waals surface area contributed by atoms with Crippen LogP contribution in [0, 0.1) is 0 Å². The van der Waals surface area contributed by atoms with Crippen molar-refractivity contribution in [3.8, 4) is 11.3 Å². The van der Waals surface area contributed by atoms with Crippen LogP contribution in [-0.4, -0.2) is 9.97 Å². The number of aromatic nitrogens is 2. The molecular formula is C17H13N3. The van der Waals surface area contributed by atoms with Crippen molar-refractivity contribution in [2.24, 2.45) is 0 Å². The minimum Gasteiger partial charge on any atom is -0.399 e. The van der Waals surface area contributed by atoms with Gasteiger partial charge in [-0.1, -0.05) is 24.3 Å². The molecule has 0 fully saturated rings. The number of nitrogens with zero attached hydrogens (tertiary/aromatic N) is 1. The minimum absolute atomic E-state index is 0.763. The summed E-state index contributed by atoms with van der Waals surface area (Å²) in [5.74, 6) is 0. The van der Waals surface area contributed by atoms with E-state index >= 15 is 0 Å². The monoisotopic (exact) mass is 259 g/mol. The maximum absolute atomic E-state index is 5.89. The molecular weight excluding hydrogens is 246 g/mol. The van der Waals surface area contributed by atoms with Crippen LogP contribution in [0.2, 0.25) is 0 Å². The Balaban J connectivity index is 1.98. The van der Waals surface area contributed by atoms with Gasteiger partial charge in [0.2, 0.25) is 0 Å². The third-order valence-electron chi connectivity index (χ3n) is 3.58. The lowest BCUT2D eigenvalue weighted by Gasteiger charge is -2.02. The van der Waals surface area contributed by atoms with Crippen molar-refractivity contribution in [2.45, 2.75) is 0 Å². The number of nitrogens with one attached hydrogen (secondary N) is 1. The SMILES string of the molecule is Nc1ccc2[nH]cc(-c3ccc4ccccc4n3)c2c1. The first-order valence-electron chi connectivity index (χ1n) is 6.54. The summed E-state index contributed by atoms with van der Waals surface area (Å²) >= 11 is 0. The number of H-pyrrole nitrogens is 1. The Morgan fingerprint density at radius 3 is 2.80 bits per heavy atom. The highest BCUT2D eigenvalue weighted by Crippen LogP contribution is 2.29. The zero-order valence-corrected chi connectivity index (χ0v) is 10.8. The van der Waals surface area contributed by atoms with E-state index in [1.54, 1.807) is 0 Å². The number of hydrogen-bond donors (Lipinski definition) is 2. The fourth-order valence-electron chi connectivity index (χ4n) is 2.57. The molecule has 3 nitrogen and oxygen atoms in total. The molecule has 0 unspecified atom stereocenters. The van der Waals surface area contributed by atoms with E-state index < -0.39 is 0 Å². The molecule has 3 N–H and O–H groups in total. The van der Waals surface area contributed by atoms with E-state index in [4.69, 9.17) is 10.7 Å². The molecule has 2 aromatic heterocycles.